The third kappa shape index (κ3) is 5.19. The zero-order valence-electron chi connectivity index (χ0n) is 13.0. The Morgan fingerprint density at radius 3 is 2.57 bits per heavy atom. The lowest BCUT2D eigenvalue weighted by Crippen LogP contribution is -3.11. The number of nitro groups is 1. The van der Waals surface area contributed by atoms with E-state index in [0.29, 0.717) is 12.2 Å². The molecule has 0 fully saturated rings. The largest absolute Gasteiger partial charge is 0.324 e. The number of likely N-dealkylation sites (N-methyl/N-ethyl adjacent to an activating group) is 1. The Morgan fingerprint density at radius 2 is 1.91 bits per heavy atom. The van der Waals surface area contributed by atoms with Gasteiger partial charge in [0.25, 0.3) is 11.6 Å². The van der Waals surface area contributed by atoms with E-state index in [2.05, 4.69) is 5.32 Å². The van der Waals surface area contributed by atoms with E-state index < -0.39 is 4.92 Å². The van der Waals surface area contributed by atoms with Gasteiger partial charge in [-0.25, -0.2) is 0 Å². The molecule has 0 radical (unpaired) electrons. The summed E-state index contributed by atoms with van der Waals surface area (Å²) in [6, 6.07) is 16.0. The predicted octanol–water partition coefficient (Wildman–Crippen LogP) is 1.64. The number of carbonyl (C=O) groups is 1. The summed E-state index contributed by atoms with van der Waals surface area (Å²) in [6.45, 7) is 3.92. The first-order valence-corrected chi connectivity index (χ1v) is 7.50. The van der Waals surface area contributed by atoms with Crippen LogP contribution < -0.4 is 10.2 Å². The molecule has 0 heterocycles. The summed E-state index contributed by atoms with van der Waals surface area (Å²) in [4.78, 5) is 23.6. The Labute approximate surface area is 134 Å². The summed E-state index contributed by atoms with van der Waals surface area (Å²) >= 11 is 0. The quantitative estimate of drug-likeness (QED) is 0.602. The van der Waals surface area contributed by atoms with Crippen molar-refractivity contribution in [1.29, 1.82) is 0 Å². The van der Waals surface area contributed by atoms with Crippen LogP contribution >= 0.6 is 0 Å². The number of nitrogens with one attached hydrogen (secondary N) is 2. The first-order chi connectivity index (χ1) is 11.1. The Bertz CT molecular complexity index is 674. The normalized spacial score (nSPS) is 11.7. The molecular weight excluding hydrogens is 294 g/mol. The predicted molar refractivity (Wildman–Crippen MR) is 88.2 cm³/mol. The number of quaternary nitrogens is 1. The molecule has 1 unspecified atom stereocenters. The highest BCUT2D eigenvalue weighted by atomic mass is 16.6. The molecule has 0 spiro atoms. The number of amides is 1. The number of hydrogen-bond donors (Lipinski definition) is 2. The second-order valence-electron chi connectivity index (χ2n) is 5.30. The molecule has 2 rings (SSSR count). The lowest BCUT2D eigenvalue weighted by atomic mass is 10.2. The minimum atomic E-state index is -0.478. The van der Waals surface area contributed by atoms with Gasteiger partial charge in [-0.15, -0.1) is 0 Å². The SMILES string of the molecule is CC[NH+](CC(=O)Nc1cccc([N+](=O)[O-])c1)Cc1ccccc1. The van der Waals surface area contributed by atoms with Crippen molar-refractivity contribution < 1.29 is 14.6 Å². The third-order valence-corrected chi connectivity index (χ3v) is 3.55. The second-order valence-corrected chi connectivity index (χ2v) is 5.30. The Balaban J connectivity index is 1.95. The van der Waals surface area contributed by atoms with Gasteiger partial charge in [-0.2, -0.15) is 0 Å². The van der Waals surface area contributed by atoms with Crippen molar-refractivity contribution in [3.05, 3.63) is 70.3 Å². The molecule has 0 aromatic heterocycles. The molecule has 0 aliphatic heterocycles. The standard InChI is InChI=1S/C17H19N3O3/c1-2-19(12-14-7-4-3-5-8-14)13-17(21)18-15-9-6-10-16(11-15)20(22)23/h3-11H,2,12-13H2,1H3,(H,18,21)/p+1. The number of hydrogen-bond acceptors (Lipinski definition) is 3. The van der Waals surface area contributed by atoms with E-state index in [0.717, 1.165) is 18.0 Å². The average Bonchev–Trinajstić information content (AvgIpc) is 2.55. The summed E-state index contributed by atoms with van der Waals surface area (Å²) in [5, 5.41) is 13.5. The molecule has 2 aromatic carbocycles. The van der Waals surface area contributed by atoms with Gasteiger partial charge in [0.15, 0.2) is 6.54 Å². The molecule has 120 valence electrons. The maximum atomic E-state index is 12.2. The number of carbonyl (C=O) groups excluding carboxylic acids is 1. The first kappa shape index (κ1) is 16.6. The van der Waals surface area contributed by atoms with Crippen LogP contribution in [0.1, 0.15) is 12.5 Å². The van der Waals surface area contributed by atoms with Crippen molar-refractivity contribution in [2.24, 2.45) is 0 Å². The molecule has 0 aliphatic carbocycles. The van der Waals surface area contributed by atoms with E-state index in [9.17, 15) is 14.9 Å². The maximum absolute atomic E-state index is 12.2. The van der Waals surface area contributed by atoms with Crippen molar-refractivity contribution in [3.63, 3.8) is 0 Å². The minimum Gasteiger partial charge on any atom is -0.324 e. The van der Waals surface area contributed by atoms with Crippen LogP contribution in [-0.2, 0) is 11.3 Å². The Hall–Kier alpha value is -2.73. The molecule has 6 nitrogen and oxygen atoms in total. The maximum Gasteiger partial charge on any atom is 0.279 e. The van der Waals surface area contributed by atoms with Crippen LogP contribution in [0.4, 0.5) is 11.4 Å². The highest BCUT2D eigenvalue weighted by molar-refractivity contribution is 5.91. The molecule has 23 heavy (non-hydrogen) atoms. The van der Waals surface area contributed by atoms with Gasteiger partial charge in [0.05, 0.1) is 11.5 Å². The molecule has 0 aliphatic rings. The van der Waals surface area contributed by atoms with E-state index >= 15 is 0 Å². The first-order valence-electron chi connectivity index (χ1n) is 7.50. The van der Waals surface area contributed by atoms with Gasteiger partial charge in [0.2, 0.25) is 0 Å². The van der Waals surface area contributed by atoms with Crippen LogP contribution in [0, 0.1) is 10.1 Å². The molecule has 6 heteroatoms. The van der Waals surface area contributed by atoms with Gasteiger partial charge in [-0.1, -0.05) is 36.4 Å². The van der Waals surface area contributed by atoms with E-state index in [4.69, 9.17) is 0 Å². The summed E-state index contributed by atoms with van der Waals surface area (Å²) in [5.41, 5.74) is 1.58. The van der Waals surface area contributed by atoms with E-state index in [1.807, 2.05) is 37.3 Å². The molecule has 2 N–H and O–H groups in total. The summed E-state index contributed by atoms with van der Waals surface area (Å²) in [7, 11) is 0. The summed E-state index contributed by atoms with van der Waals surface area (Å²) in [6.07, 6.45) is 0. The van der Waals surface area contributed by atoms with Crippen molar-refractivity contribution in [2.75, 3.05) is 18.4 Å². The van der Waals surface area contributed by atoms with E-state index in [1.54, 1.807) is 12.1 Å². The molecule has 1 atom stereocenters. The van der Waals surface area contributed by atoms with Gasteiger partial charge >= 0.3 is 0 Å². The van der Waals surface area contributed by atoms with Crippen LogP contribution in [-0.4, -0.2) is 23.9 Å². The minimum absolute atomic E-state index is 0.0354. The van der Waals surface area contributed by atoms with Crippen molar-refractivity contribution in [3.8, 4) is 0 Å². The van der Waals surface area contributed by atoms with Crippen LogP contribution in [0.15, 0.2) is 54.6 Å². The topological polar surface area (TPSA) is 76.7 Å². The monoisotopic (exact) mass is 314 g/mol. The summed E-state index contributed by atoms with van der Waals surface area (Å²) in [5.74, 6) is -0.154. The number of nitrogens with zero attached hydrogens (tertiary/aromatic N) is 1. The Kier molecular flexibility index (Phi) is 5.82. The highest BCUT2D eigenvalue weighted by Gasteiger charge is 2.14. The second kappa shape index (κ2) is 8.05. The van der Waals surface area contributed by atoms with Crippen LogP contribution in [0.3, 0.4) is 0 Å². The smallest absolute Gasteiger partial charge is 0.279 e. The lowest BCUT2D eigenvalue weighted by Gasteiger charge is -2.17. The third-order valence-electron chi connectivity index (χ3n) is 3.55. The van der Waals surface area contributed by atoms with Gasteiger partial charge < -0.3 is 10.2 Å². The lowest BCUT2D eigenvalue weighted by molar-refractivity contribution is -0.903. The molecule has 0 saturated carbocycles. The van der Waals surface area contributed by atoms with Crippen LogP contribution in [0.25, 0.3) is 0 Å². The molecule has 1 amide bonds. The molecular formula is C17H20N3O3+. The number of benzene rings is 2. The van der Waals surface area contributed by atoms with Gasteiger partial charge in [-0.05, 0) is 13.0 Å². The van der Waals surface area contributed by atoms with Crippen LogP contribution in [0.2, 0.25) is 0 Å². The van der Waals surface area contributed by atoms with Gasteiger partial charge in [-0.3, -0.25) is 14.9 Å². The number of rotatable bonds is 7. The zero-order chi connectivity index (χ0) is 16.7. The molecule has 2 aromatic rings. The van der Waals surface area contributed by atoms with E-state index in [1.165, 1.54) is 17.7 Å². The van der Waals surface area contributed by atoms with E-state index in [-0.39, 0.29) is 11.6 Å². The fourth-order valence-electron chi connectivity index (χ4n) is 2.33. The van der Waals surface area contributed by atoms with Crippen LogP contribution in [0.5, 0.6) is 0 Å². The van der Waals surface area contributed by atoms with Crippen molar-refractivity contribution >= 4 is 17.3 Å². The average molecular weight is 314 g/mol. The number of nitro benzene ring substituents is 1. The number of non-ortho nitro benzene ring substituents is 1. The number of anilines is 1. The Morgan fingerprint density at radius 1 is 1.17 bits per heavy atom. The van der Waals surface area contributed by atoms with Crippen molar-refractivity contribution in [2.45, 2.75) is 13.5 Å². The molecule has 0 bridgehead atoms. The van der Waals surface area contributed by atoms with Gasteiger partial charge in [0, 0.05) is 23.4 Å². The molecule has 0 saturated heterocycles. The highest BCUT2D eigenvalue weighted by Crippen LogP contribution is 2.16. The van der Waals surface area contributed by atoms with Crippen molar-refractivity contribution in [1.82, 2.24) is 0 Å². The fraction of sp³-hybridized carbons (Fsp3) is 0.235. The summed E-state index contributed by atoms with van der Waals surface area (Å²) < 4.78 is 0. The van der Waals surface area contributed by atoms with Gasteiger partial charge in [0.1, 0.15) is 6.54 Å². The zero-order valence-corrected chi connectivity index (χ0v) is 13.0. The fourth-order valence-corrected chi connectivity index (χ4v) is 2.33.